The smallest absolute Gasteiger partial charge is 0.181 e. The molecule has 2 fully saturated rings. The summed E-state index contributed by atoms with van der Waals surface area (Å²) in [6, 6.07) is 7.61. The number of aromatic nitrogens is 5. The van der Waals surface area contributed by atoms with Gasteiger partial charge < -0.3 is 10.1 Å². The summed E-state index contributed by atoms with van der Waals surface area (Å²) in [7, 11) is 0. The minimum absolute atomic E-state index is 0.453. The van der Waals surface area contributed by atoms with Crippen molar-refractivity contribution in [1.82, 2.24) is 30.0 Å². The molecule has 0 spiro atoms. The Labute approximate surface area is 187 Å². The molecule has 2 aliphatic carbocycles. The van der Waals surface area contributed by atoms with Crippen LogP contribution >= 0.6 is 0 Å². The maximum absolute atomic E-state index is 5.52. The number of hydrogen-bond donors (Lipinski definition) is 2. The summed E-state index contributed by atoms with van der Waals surface area (Å²) in [4.78, 5) is 16.4. The summed E-state index contributed by atoms with van der Waals surface area (Å²) in [5.74, 6) is 2.51. The lowest BCUT2D eigenvalue weighted by Gasteiger charge is -2.39. The molecule has 8 nitrogen and oxygen atoms in total. The van der Waals surface area contributed by atoms with Crippen LogP contribution in [0.5, 0.6) is 0 Å². The number of anilines is 1. The normalized spacial score (nSPS) is 23.0. The van der Waals surface area contributed by atoms with Gasteiger partial charge in [-0.15, -0.1) is 0 Å². The van der Waals surface area contributed by atoms with Gasteiger partial charge in [0.2, 0.25) is 0 Å². The number of hydrogen-bond acceptors (Lipinski definition) is 7. The van der Waals surface area contributed by atoms with Crippen LogP contribution in [0.4, 0.5) is 5.82 Å². The molecule has 0 unspecified atom stereocenters. The standard InChI is InChI=1S/C24H29N7O/c1-15-27-23(30-29-15)17-3-2-16-13-21-22(20(16)12-17)24(26-14-25-21)28-18-4-6-19(7-5-18)31-8-10-32-11-9-31/h2-3,12,14,18-19H,4-11,13H2,1H3,(H,25,26,28)(H,27,29,30). The van der Waals surface area contributed by atoms with Crippen molar-refractivity contribution >= 4 is 5.82 Å². The van der Waals surface area contributed by atoms with E-state index in [9.17, 15) is 0 Å². The number of nitrogens with zero attached hydrogens (tertiary/aromatic N) is 5. The van der Waals surface area contributed by atoms with Gasteiger partial charge in [-0.3, -0.25) is 10.00 Å². The van der Waals surface area contributed by atoms with Gasteiger partial charge in [-0.2, -0.15) is 5.10 Å². The number of H-pyrrole nitrogens is 1. The summed E-state index contributed by atoms with van der Waals surface area (Å²) >= 11 is 0. The zero-order valence-electron chi connectivity index (χ0n) is 18.5. The highest BCUT2D eigenvalue weighted by Gasteiger charge is 2.29. The van der Waals surface area contributed by atoms with Gasteiger partial charge >= 0.3 is 0 Å². The number of fused-ring (bicyclic) bond motifs is 3. The van der Waals surface area contributed by atoms with E-state index in [0.717, 1.165) is 67.0 Å². The monoisotopic (exact) mass is 431 g/mol. The first-order valence-corrected chi connectivity index (χ1v) is 11.7. The van der Waals surface area contributed by atoms with Crippen molar-refractivity contribution in [2.75, 3.05) is 31.6 Å². The average molecular weight is 432 g/mol. The molecule has 32 heavy (non-hydrogen) atoms. The Morgan fingerprint density at radius 1 is 1.09 bits per heavy atom. The molecule has 0 amide bonds. The molecule has 1 aliphatic heterocycles. The Morgan fingerprint density at radius 3 is 2.72 bits per heavy atom. The quantitative estimate of drug-likeness (QED) is 0.513. The second-order valence-corrected chi connectivity index (χ2v) is 9.14. The highest BCUT2D eigenvalue weighted by atomic mass is 16.5. The van der Waals surface area contributed by atoms with Gasteiger partial charge in [0, 0.05) is 42.7 Å². The predicted molar refractivity (Wildman–Crippen MR) is 122 cm³/mol. The van der Waals surface area contributed by atoms with Crippen molar-refractivity contribution in [1.29, 1.82) is 0 Å². The number of aryl methyl sites for hydroxylation is 1. The number of morpholine rings is 1. The van der Waals surface area contributed by atoms with E-state index in [1.807, 2.05) is 6.92 Å². The molecule has 1 saturated heterocycles. The third-order valence-corrected chi connectivity index (χ3v) is 7.12. The van der Waals surface area contributed by atoms with Gasteiger partial charge in [0.15, 0.2) is 5.82 Å². The van der Waals surface area contributed by atoms with Gasteiger partial charge in [-0.25, -0.2) is 15.0 Å². The van der Waals surface area contributed by atoms with E-state index in [0.29, 0.717) is 12.1 Å². The fourth-order valence-electron chi connectivity index (χ4n) is 5.42. The van der Waals surface area contributed by atoms with Gasteiger partial charge in [-0.05, 0) is 49.8 Å². The molecule has 1 aromatic carbocycles. The Morgan fingerprint density at radius 2 is 1.94 bits per heavy atom. The van der Waals surface area contributed by atoms with Crippen molar-refractivity contribution < 1.29 is 4.74 Å². The summed E-state index contributed by atoms with van der Waals surface area (Å²) < 4.78 is 5.52. The molecule has 2 N–H and O–H groups in total. The zero-order chi connectivity index (χ0) is 21.5. The van der Waals surface area contributed by atoms with Gasteiger partial charge in [0.1, 0.15) is 18.0 Å². The molecule has 3 heterocycles. The van der Waals surface area contributed by atoms with E-state index >= 15 is 0 Å². The van der Waals surface area contributed by atoms with E-state index in [4.69, 9.17) is 4.74 Å². The summed E-state index contributed by atoms with van der Waals surface area (Å²) in [5, 5.41) is 11.0. The molecule has 8 heteroatoms. The topological polar surface area (TPSA) is 91.8 Å². The van der Waals surface area contributed by atoms with E-state index in [1.54, 1.807) is 6.33 Å². The number of nitrogens with one attached hydrogen (secondary N) is 2. The van der Waals surface area contributed by atoms with Crippen molar-refractivity contribution in [3.63, 3.8) is 0 Å². The molecule has 0 radical (unpaired) electrons. The molecular formula is C24H29N7O. The largest absolute Gasteiger partial charge is 0.379 e. The molecule has 0 bridgehead atoms. The molecule has 2 aromatic heterocycles. The fourth-order valence-corrected chi connectivity index (χ4v) is 5.42. The van der Waals surface area contributed by atoms with Crippen molar-refractivity contribution in [3.8, 4) is 22.5 Å². The van der Waals surface area contributed by atoms with E-state index in [-0.39, 0.29) is 0 Å². The van der Waals surface area contributed by atoms with Gasteiger partial charge in [0.05, 0.1) is 18.9 Å². The van der Waals surface area contributed by atoms with Crippen LogP contribution in [0.3, 0.4) is 0 Å². The van der Waals surface area contributed by atoms with Crippen LogP contribution < -0.4 is 5.32 Å². The Bertz CT molecular complexity index is 1110. The second kappa shape index (κ2) is 8.26. The van der Waals surface area contributed by atoms with Crippen LogP contribution in [0.2, 0.25) is 0 Å². The van der Waals surface area contributed by atoms with E-state index in [2.05, 4.69) is 53.6 Å². The number of aromatic amines is 1. The third-order valence-electron chi connectivity index (χ3n) is 7.12. The first-order chi connectivity index (χ1) is 15.7. The first kappa shape index (κ1) is 19.8. The average Bonchev–Trinajstić information content (AvgIpc) is 3.43. The molecular weight excluding hydrogens is 402 g/mol. The lowest BCUT2D eigenvalue weighted by Crippen LogP contribution is -2.46. The van der Waals surface area contributed by atoms with Gasteiger partial charge in [-0.1, -0.05) is 12.1 Å². The van der Waals surface area contributed by atoms with Crippen LogP contribution in [0, 0.1) is 6.92 Å². The van der Waals surface area contributed by atoms with Crippen molar-refractivity contribution in [2.45, 2.75) is 51.1 Å². The summed E-state index contributed by atoms with van der Waals surface area (Å²) in [6.45, 7) is 5.82. The van der Waals surface area contributed by atoms with Crippen LogP contribution in [0.15, 0.2) is 24.5 Å². The minimum atomic E-state index is 0.453. The molecule has 0 atom stereocenters. The van der Waals surface area contributed by atoms with Crippen LogP contribution in [0.25, 0.3) is 22.5 Å². The Balaban J connectivity index is 1.22. The molecule has 166 valence electrons. The second-order valence-electron chi connectivity index (χ2n) is 9.14. The zero-order valence-corrected chi connectivity index (χ0v) is 18.5. The van der Waals surface area contributed by atoms with Gasteiger partial charge in [0.25, 0.3) is 0 Å². The van der Waals surface area contributed by atoms with Crippen LogP contribution in [0.1, 0.15) is 42.8 Å². The van der Waals surface area contributed by atoms with Crippen molar-refractivity contribution in [2.24, 2.45) is 0 Å². The molecule has 3 aliphatic rings. The Kier molecular flexibility index (Phi) is 5.11. The van der Waals surface area contributed by atoms with Crippen molar-refractivity contribution in [3.05, 3.63) is 41.6 Å². The number of ether oxygens (including phenoxy) is 1. The molecule has 6 rings (SSSR count). The predicted octanol–water partition coefficient (Wildman–Crippen LogP) is 3.20. The summed E-state index contributed by atoms with van der Waals surface area (Å²) in [5.41, 5.74) is 5.75. The first-order valence-electron chi connectivity index (χ1n) is 11.7. The number of rotatable bonds is 4. The highest BCUT2D eigenvalue weighted by molar-refractivity contribution is 5.86. The lowest BCUT2D eigenvalue weighted by atomic mass is 9.89. The van der Waals surface area contributed by atoms with E-state index < -0.39 is 0 Å². The molecule has 1 saturated carbocycles. The van der Waals surface area contributed by atoms with E-state index in [1.165, 1.54) is 36.8 Å². The minimum Gasteiger partial charge on any atom is -0.379 e. The number of benzene rings is 1. The fraction of sp³-hybridized carbons (Fsp3) is 0.500. The molecule has 3 aromatic rings. The third kappa shape index (κ3) is 3.67. The Hall–Kier alpha value is -2.84. The maximum Gasteiger partial charge on any atom is 0.181 e. The maximum atomic E-state index is 5.52. The summed E-state index contributed by atoms with van der Waals surface area (Å²) in [6.07, 6.45) is 7.35. The highest BCUT2D eigenvalue weighted by Crippen LogP contribution is 2.41. The lowest BCUT2D eigenvalue weighted by molar-refractivity contribution is 0.00791. The van der Waals surface area contributed by atoms with Crippen LogP contribution in [-0.2, 0) is 11.2 Å². The SMILES string of the molecule is Cc1nc(-c2ccc3c(c2)-c2c(ncnc2NC2CCC(N4CCOCC4)CC2)C3)n[nH]1. The van der Waals surface area contributed by atoms with Crippen LogP contribution in [-0.4, -0.2) is 68.4 Å².